The minimum Gasteiger partial charge on any atom is -0.298 e. The van der Waals surface area contributed by atoms with Gasteiger partial charge in [0, 0.05) is 14.5 Å². The summed E-state index contributed by atoms with van der Waals surface area (Å²) in [5.74, 6) is -0.141. The monoisotopic (exact) mass is 350 g/mol. The van der Waals surface area contributed by atoms with E-state index in [4.69, 9.17) is 0 Å². The third kappa shape index (κ3) is 3.66. The van der Waals surface area contributed by atoms with Crippen LogP contribution in [0.4, 0.5) is 0 Å². The highest BCUT2D eigenvalue weighted by molar-refractivity contribution is 7.93. The molecule has 1 saturated carbocycles. The number of carbonyl (C=O) groups is 1. The Bertz CT molecular complexity index is 702. The molecule has 0 spiro atoms. The largest absolute Gasteiger partial charge is 0.298 e. The van der Waals surface area contributed by atoms with Crippen LogP contribution < -0.4 is 0 Å². The molecule has 3 nitrogen and oxygen atoms in total. The van der Waals surface area contributed by atoms with Crippen LogP contribution in [0.2, 0.25) is 25.7 Å². The van der Waals surface area contributed by atoms with Crippen molar-refractivity contribution in [3.63, 3.8) is 0 Å². The predicted octanol–water partition coefficient (Wildman–Crippen LogP) is 4.24. The summed E-state index contributed by atoms with van der Waals surface area (Å²) in [7, 11) is -5.09. The molecule has 1 aliphatic rings. The first-order chi connectivity index (χ1) is 10.6. The van der Waals surface area contributed by atoms with Crippen LogP contribution in [0.15, 0.2) is 47.4 Å². The maximum Gasteiger partial charge on any atom is 0.191 e. The lowest BCUT2D eigenvalue weighted by atomic mass is 9.97. The van der Waals surface area contributed by atoms with Gasteiger partial charge in [0.2, 0.25) is 0 Å². The van der Waals surface area contributed by atoms with E-state index in [1.54, 1.807) is 30.3 Å². The van der Waals surface area contributed by atoms with E-state index in [-0.39, 0.29) is 17.1 Å². The molecule has 0 aromatic heterocycles. The van der Waals surface area contributed by atoms with Crippen LogP contribution in [-0.2, 0) is 14.6 Å². The highest BCUT2D eigenvalue weighted by Crippen LogP contribution is 2.43. The van der Waals surface area contributed by atoms with Gasteiger partial charge in [-0.3, -0.25) is 4.79 Å². The summed E-state index contributed by atoms with van der Waals surface area (Å²) in [6, 6.07) is 9.22. The first-order valence-corrected chi connectivity index (χ1v) is 13.3. The van der Waals surface area contributed by atoms with Crippen LogP contribution >= 0.6 is 0 Å². The van der Waals surface area contributed by atoms with Crippen LogP contribution in [0, 0.1) is 0 Å². The van der Waals surface area contributed by atoms with Gasteiger partial charge < -0.3 is 0 Å². The second-order valence-electron chi connectivity index (χ2n) is 7.75. The van der Waals surface area contributed by atoms with Crippen molar-refractivity contribution in [2.24, 2.45) is 0 Å². The number of sulfone groups is 1. The van der Waals surface area contributed by atoms with Crippen molar-refractivity contribution in [3.05, 3.63) is 42.5 Å². The second-order valence-corrected chi connectivity index (χ2v) is 15.5. The minimum atomic E-state index is -3.70. The zero-order valence-electron chi connectivity index (χ0n) is 14.3. The molecule has 0 saturated heterocycles. The lowest BCUT2D eigenvalue weighted by Gasteiger charge is -2.30. The summed E-state index contributed by atoms with van der Waals surface area (Å²) >= 11 is 0. The van der Waals surface area contributed by atoms with E-state index in [0.29, 0.717) is 19.3 Å². The number of ketones is 1. The van der Waals surface area contributed by atoms with E-state index in [1.165, 1.54) is 0 Å². The van der Waals surface area contributed by atoms with Crippen LogP contribution in [0.3, 0.4) is 0 Å². The van der Waals surface area contributed by atoms with Crippen molar-refractivity contribution in [1.29, 1.82) is 0 Å². The van der Waals surface area contributed by atoms with E-state index in [1.807, 2.05) is 0 Å². The van der Waals surface area contributed by atoms with Gasteiger partial charge in [0.15, 0.2) is 15.6 Å². The van der Waals surface area contributed by atoms with Crippen molar-refractivity contribution < 1.29 is 13.2 Å². The SMILES string of the molecule is C=C(CC1(S(=O)(=O)c2ccccc2)CCCC1=O)C[Si](C)(C)C. The molecule has 5 heteroatoms. The van der Waals surface area contributed by atoms with Gasteiger partial charge in [-0.2, -0.15) is 0 Å². The fraction of sp³-hybridized carbons (Fsp3) is 0.500. The Kier molecular flexibility index (Phi) is 5.02. The molecular weight excluding hydrogens is 324 g/mol. The average molecular weight is 351 g/mol. The quantitative estimate of drug-likeness (QED) is 0.569. The third-order valence-corrected chi connectivity index (χ3v) is 8.43. The molecule has 2 rings (SSSR count). The Morgan fingerprint density at radius 1 is 1.22 bits per heavy atom. The molecule has 1 unspecified atom stereocenters. The van der Waals surface area contributed by atoms with Gasteiger partial charge in [0.25, 0.3) is 0 Å². The van der Waals surface area contributed by atoms with Crippen molar-refractivity contribution in [3.8, 4) is 0 Å². The van der Waals surface area contributed by atoms with E-state index in [9.17, 15) is 13.2 Å². The number of Topliss-reactive ketones (excluding diaryl/α,β-unsaturated/α-hetero) is 1. The molecule has 0 bridgehead atoms. The average Bonchev–Trinajstić information content (AvgIpc) is 2.80. The van der Waals surface area contributed by atoms with Gasteiger partial charge in [-0.15, -0.1) is 6.58 Å². The summed E-state index contributed by atoms with van der Waals surface area (Å²) < 4.78 is 25.1. The van der Waals surface area contributed by atoms with E-state index in [2.05, 4.69) is 26.2 Å². The molecule has 0 heterocycles. The first kappa shape index (κ1) is 18.1. The molecule has 1 fully saturated rings. The number of hydrogen-bond acceptors (Lipinski definition) is 3. The van der Waals surface area contributed by atoms with Gasteiger partial charge in [0.05, 0.1) is 4.90 Å². The van der Waals surface area contributed by atoms with Crippen molar-refractivity contribution in [2.75, 3.05) is 0 Å². The maximum atomic E-state index is 13.2. The van der Waals surface area contributed by atoms with Gasteiger partial charge in [-0.25, -0.2) is 8.42 Å². The number of carbonyl (C=O) groups excluding carboxylic acids is 1. The van der Waals surface area contributed by atoms with E-state index < -0.39 is 22.7 Å². The van der Waals surface area contributed by atoms with Gasteiger partial charge in [0.1, 0.15) is 4.75 Å². The van der Waals surface area contributed by atoms with Crippen LogP contribution in [0.25, 0.3) is 0 Å². The Morgan fingerprint density at radius 3 is 2.30 bits per heavy atom. The molecule has 1 atom stereocenters. The molecule has 1 aromatic carbocycles. The number of benzene rings is 1. The molecule has 0 aliphatic heterocycles. The fourth-order valence-electron chi connectivity index (χ4n) is 3.51. The van der Waals surface area contributed by atoms with Gasteiger partial charge in [-0.1, -0.05) is 43.4 Å². The number of allylic oxidation sites excluding steroid dienone is 1. The number of hydrogen-bond donors (Lipinski definition) is 0. The normalized spacial score (nSPS) is 22.3. The van der Waals surface area contributed by atoms with E-state index in [0.717, 1.165) is 11.6 Å². The fourth-order valence-corrected chi connectivity index (χ4v) is 7.31. The summed E-state index contributed by atoms with van der Waals surface area (Å²) in [4.78, 5) is 12.9. The first-order valence-electron chi connectivity index (χ1n) is 8.08. The minimum absolute atomic E-state index is 0.141. The molecule has 1 aromatic rings. The highest BCUT2D eigenvalue weighted by atomic mass is 32.2. The topological polar surface area (TPSA) is 51.2 Å². The van der Waals surface area contributed by atoms with Crippen LogP contribution in [0.1, 0.15) is 25.7 Å². The van der Waals surface area contributed by atoms with Gasteiger partial charge >= 0.3 is 0 Å². The standard InChI is InChI=1S/C18H26O3SSi/c1-15(14-23(2,3)4)13-18(12-8-11-17(18)19)22(20,21)16-9-6-5-7-10-16/h5-7,9-10H,1,8,11-14H2,2-4H3. The molecule has 0 radical (unpaired) electrons. The lowest BCUT2D eigenvalue weighted by Crippen LogP contribution is -2.43. The molecule has 126 valence electrons. The second kappa shape index (κ2) is 6.36. The number of rotatable bonds is 6. The smallest absolute Gasteiger partial charge is 0.191 e. The maximum absolute atomic E-state index is 13.2. The highest BCUT2D eigenvalue weighted by Gasteiger charge is 2.53. The zero-order chi connectivity index (χ0) is 17.3. The third-order valence-electron chi connectivity index (χ3n) is 4.38. The lowest BCUT2D eigenvalue weighted by molar-refractivity contribution is -0.119. The van der Waals surface area contributed by atoms with Crippen molar-refractivity contribution >= 4 is 23.7 Å². The van der Waals surface area contributed by atoms with Gasteiger partial charge in [-0.05, 0) is 37.4 Å². The summed E-state index contributed by atoms with van der Waals surface area (Å²) in [6.45, 7) is 10.8. The summed E-state index contributed by atoms with van der Waals surface area (Å²) in [5.41, 5.74) is 0.902. The summed E-state index contributed by atoms with van der Waals surface area (Å²) in [6.07, 6.45) is 1.68. The molecular formula is C18H26O3SSi. The Morgan fingerprint density at radius 2 is 1.83 bits per heavy atom. The van der Waals surface area contributed by atoms with Crippen LogP contribution in [0.5, 0.6) is 0 Å². The molecule has 23 heavy (non-hydrogen) atoms. The molecule has 0 amide bonds. The van der Waals surface area contributed by atoms with Crippen molar-refractivity contribution in [2.45, 2.75) is 61.0 Å². The molecule has 1 aliphatic carbocycles. The van der Waals surface area contributed by atoms with E-state index >= 15 is 0 Å². The Labute approximate surface area is 140 Å². The Hall–Kier alpha value is -1.20. The Balaban J connectivity index is 2.42. The van der Waals surface area contributed by atoms with Crippen molar-refractivity contribution in [1.82, 2.24) is 0 Å². The van der Waals surface area contributed by atoms with Crippen LogP contribution in [-0.4, -0.2) is 27.0 Å². The predicted molar refractivity (Wildman–Crippen MR) is 97.1 cm³/mol. The summed E-state index contributed by atoms with van der Waals surface area (Å²) in [5, 5.41) is 0. The zero-order valence-corrected chi connectivity index (χ0v) is 16.1. The molecule has 0 N–H and O–H groups in total.